The highest BCUT2D eigenvalue weighted by Gasteiger charge is 2.07. The highest BCUT2D eigenvalue weighted by Crippen LogP contribution is 2.07. The molecule has 0 saturated carbocycles. The van der Waals surface area contributed by atoms with Crippen LogP contribution in [-0.2, 0) is 21.5 Å². The highest BCUT2D eigenvalue weighted by molar-refractivity contribution is 7.85. The Bertz CT molecular complexity index is 413. The molecule has 0 aliphatic heterocycles. The van der Waals surface area contributed by atoms with E-state index in [4.69, 9.17) is 9.29 Å². The Morgan fingerprint density at radius 2 is 1.94 bits per heavy atom. The van der Waals surface area contributed by atoms with Gasteiger partial charge in [0.05, 0.1) is 18.5 Å². The Morgan fingerprint density at radius 1 is 1.29 bits per heavy atom. The summed E-state index contributed by atoms with van der Waals surface area (Å²) in [5.41, 5.74) is 1.09. The quantitative estimate of drug-likeness (QED) is 0.762. The summed E-state index contributed by atoms with van der Waals surface area (Å²) < 4.78 is 35.1. The molecule has 1 N–H and O–H groups in total. The molecule has 0 heterocycles. The zero-order chi connectivity index (χ0) is 12.7. The molecule has 1 aromatic rings. The van der Waals surface area contributed by atoms with Gasteiger partial charge in [0, 0.05) is 0 Å². The SMILES string of the molecule is CC(CCCS(=O)(=O)O)OCc1ccccc1. The van der Waals surface area contributed by atoms with Crippen LogP contribution >= 0.6 is 0 Å². The Morgan fingerprint density at radius 3 is 2.53 bits per heavy atom. The van der Waals surface area contributed by atoms with E-state index in [2.05, 4.69) is 0 Å². The standard InChI is InChI=1S/C12H18O4S/c1-11(6-5-9-17(13,14)15)16-10-12-7-3-2-4-8-12/h2-4,7-8,11H,5-6,9-10H2,1H3,(H,13,14,15). The van der Waals surface area contributed by atoms with Crippen LogP contribution in [0.25, 0.3) is 0 Å². The normalized spacial score (nSPS) is 13.5. The Labute approximate surface area is 102 Å². The fourth-order valence-electron chi connectivity index (χ4n) is 1.45. The molecule has 0 fully saturated rings. The monoisotopic (exact) mass is 258 g/mol. The van der Waals surface area contributed by atoms with Crippen molar-refractivity contribution in [2.45, 2.75) is 32.5 Å². The average Bonchev–Trinajstić information content (AvgIpc) is 2.26. The third-order valence-corrected chi connectivity index (χ3v) is 3.19. The fourth-order valence-corrected chi connectivity index (χ4v) is 1.98. The summed E-state index contributed by atoms with van der Waals surface area (Å²) >= 11 is 0. The summed E-state index contributed by atoms with van der Waals surface area (Å²) in [5, 5.41) is 0. The molecule has 96 valence electrons. The molecule has 1 aromatic carbocycles. The smallest absolute Gasteiger partial charge is 0.264 e. The fraction of sp³-hybridized carbons (Fsp3) is 0.500. The summed E-state index contributed by atoms with van der Waals surface area (Å²) in [6.45, 7) is 2.42. The average molecular weight is 258 g/mol. The first-order chi connectivity index (χ1) is 7.97. The molecule has 0 amide bonds. The number of benzene rings is 1. The van der Waals surface area contributed by atoms with E-state index in [1.807, 2.05) is 37.3 Å². The minimum absolute atomic E-state index is 0.0167. The van der Waals surface area contributed by atoms with Gasteiger partial charge in [0.25, 0.3) is 10.1 Å². The van der Waals surface area contributed by atoms with Crippen molar-refractivity contribution in [2.75, 3.05) is 5.75 Å². The van der Waals surface area contributed by atoms with Gasteiger partial charge < -0.3 is 4.74 Å². The third kappa shape index (κ3) is 7.10. The summed E-state index contributed by atoms with van der Waals surface area (Å²) in [5.74, 6) is -0.202. The van der Waals surface area contributed by atoms with Crippen LogP contribution in [0.2, 0.25) is 0 Å². The molecule has 1 unspecified atom stereocenters. The second-order valence-electron chi connectivity index (χ2n) is 4.04. The predicted molar refractivity (Wildman–Crippen MR) is 66.3 cm³/mol. The maximum absolute atomic E-state index is 10.5. The molecule has 1 atom stereocenters. The maximum atomic E-state index is 10.5. The van der Waals surface area contributed by atoms with Crippen molar-refractivity contribution in [2.24, 2.45) is 0 Å². The van der Waals surface area contributed by atoms with Gasteiger partial charge in [-0.1, -0.05) is 30.3 Å². The summed E-state index contributed by atoms with van der Waals surface area (Å²) in [6.07, 6.45) is 1.01. The van der Waals surface area contributed by atoms with Crippen LogP contribution in [-0.4, -0.2) is 24.8 Å². The van der Waals surface area contributed by atoms with Crippen molar-refractivity contribution < 1.29 is 17.7 Å². The van der Waals surface area contributed by atoms with Gasteiger partial charge in [-0.25, -0.2) is 0 Å². The summed E-state index contributed by atoms with van der Waals surface area (Å²) in [4.78, 5) is 0. The van der Waals surface area contributed by atoms with Gasteiger partial charge in [-0.05, 0) is 25.3 Å². The lowest BCUT2D eigenvalue weighted by atomic mass is 10.2. The van der Waals surface area contributed by atoms with Gasteiger partial charge in [0.2, 0.25) is 0 Å². The zero-order valence-electron chi connectivity index (χ0n) is 9.87. The maximum Gasteiger partial charge on any atom is 0.264 e. The van der Waals surface area contributed by atoms with Crippen molar-refractivity contribution in [3.63, 3.8) is 0 Å². The molecule has 17 heavy (non-hydrogen) atoms. The molecule has 5 heteroatoms. The Balaban J connectivity index is 2.20. The molecular formula is C12H18O4S. The molecule has 0 radical (unpaired) electrons. The molecule has 0 spiro atoms. The van der Waals surface area contributed by atoms with E-state index in [-0.39, 0.29) is 11.9 Å². The van der Waals surface area contributed by atoms with Crippen LogP contribution in [0.15, 0.2) is 30.3 Å². The Hall–Kier alpha value is -0.910. The number of hydrogen-bond donors (Lipinski definition) is 1. The molecule has 4 nitrogen and oxygen atoms in total. The van der Waals surface area contributed by atoms with Crippen molar-refractivity contribution >= 4 is 10.1 Å². The van der Waals surface area contributed by atoms with Crippen LogP contribution < -0.4 is 0 Å². The van der Waals surface area contributed by atoms with E-state index < -0.39 is 10.1 Å². The lowest BCUT2D eigenvalue weighted by Crippen LogP contribution is -2.11. The van der Waals surface area contributed by atoms with Gasteiger partial charge in [0.1, 0.15) is 0 Å². The molecule has 0 bridgehead atoms. The van der Waals surface area contributed by atoms with E-state index in [1.165, 1.54) is 0 Å². The van der Waals surface area contributed by atoms with Gasteiger partial charge >= 0.3 is 0 Å². The van der Waals surface area contributed by atoms with Crippen LogP contribution in [0.3, 0.4) is 0 Å². The van der Waals surface area contributed by atoms with Gasteiger partial charge in [-0.3, -0.25) is 4.55 Å². The third-order valence-electron chi connectivity index (χ3n) is 2.39. The van der Waals surface area contributed by atoms with Gasteiger partial charge in [-0.15, -0.1) is 0 Å². The van der Waals surface area contributed by atoms with Crippen LogP contribution in [0.4, 0.5) is 0 Å². The van der Waals surface area contributed by atoms with Crippen LogP contribution in [0.5, 0.6) is 0 Å². The van der Waals surface area contributed by atoms with E-state index in [0.29, 0.717) is 19.4 Å². The predicted octanol–water partition coefficient (Wildman–Crippen LogP) is 2.26. The van der Waals surface area contributed by atoms with Crippen molar-refractivity contribution in [1.29, 1.82) is 0 Å². The Kier molecular flexibility index (Phi) is 5.61. The number of ether oxygens (including phenoxy) is 1. The molecule has 0 aliphatic rings. The topological polar surface area (TPSA) is 63.6 Å². The minimum Gasteiger partial charge on any atom is -0.374 e. The highest BCUT2D eigenvalue weighted by atomic mass is 32.2. The summed E-state index contributed by atoms with van der Waals surface area (Å²) in [7, 11) is -3.84. The van der Waals surface area contributed by atoms with E-state index in [9.17, 15) is 8.42 Å². The molecular weight excluding hydrogens is 240 g/mol. The van der Waals surface area contributed by atoms with Crippen molar-refractivity contribution in [1.82, 2.24) is 0 Å². The number of rotatable bonds is 7. The van der Waals surface area contributed by atoms with Gasteiger partial charge in [0.15, 0.2) is 0 Å². The molecule has 0 aromatic heterocycles. The molecule has 0 saturated heterocycles. The minimum atomic E-state index is -3.84. The summed E-state index contributed by atoms with van der Waals surface area (Å²) in [6, 6.07) is 9.79. The molecule has 0 aliphatic carbocycles. The zero-order valence-corrected chi connectivity index (χ0v) is 10.7. The van der Waals surface area contributed by atoms with E-state index in [0.717, 1.165) is 5.56 Å². The first-order valence-electron chi connectivity index (χ1n) is 5.58. The number of hydrogen-bond acceptors (Lipinski definition) is 3. The lowest BCUT2D eigenvalue weighted by Gasteiger charge is -2.12. The van der Waals surface area contributed by atoms with E-state index in [1.54, 1.807) is 0 Å². The first-order valence-corrected chi connectivity index (χ1v) is 7.19. The van der Waals surface area contributed by atoms with Crippen LogP contribution in [0, 0.1) is 0 Å². The largest absolute Gasteiger partial charge is 0.374 e. The second kappa shape index (κ2) is 6.74. The molecule has 1 rings (SSSR count). The van der Waals surface area contributed by atoms with Crippen molar-refractivity contribution in [3.8, 4) is 0 Å². The van der Waals surface area contributed by atoms with Crippen molar-refractivity contribution in [3.05, 3.63) is 35.9 Å². The second-order valence-corrected chi connectivity index (χ2v) is 5.61. The van der Waals surface area contributed by atoms with Crippen LogP contribution in [0.1, 0.15) is 25.3 Å². The van der Waals surface area contributed by atoms with E-state index >= 15 is 0 Å². The van der Waals surface area contributed by atoms with Gasteiger partial charge in [-0.2, -0.15) is 8.42 Å². The first kappa shape index (κ1) is 14.2. The lowest BCUT2D eigenvalue weighted by molar-refractivity contribution is 0.0472.